The van der Waals surface area contributed by atoms with E-state index in [1.54, 1.807) is 0 Å². The third-order valence-electron chi connectivity index (χ3n) is 1.39. The lowest BCUT2D eigenvalue weighted by atomic mass is 10.2. The highest BCUT2D eigenvalue weighted by molar-refractivity contribution is 6.31. The van der Waals surface area contributed by atoms with E-state index < -0.39 is 16.4 Å². The Morgan fingerprint density at radius 2 is 2.23 bits per heavy atom. The van der Waals surface area contributed by atoms with Gasteiger partial charge in [-0.05, 0) is 0 Å². The number of nitrogens with zero attached hydrogens (tertiary/aromatic N) is 1. The first-order chi connectivity index (χ1) is 6.06. The van der Waals surface area contributed by atoms with Gasteiger partial charge in [0.25, 0.3) is 0 Å². The molecule has 13 heavy (non-hydrogen) atoms. The SMILES string of the molecule is C#Cc1cc([N+](=O)[O-])c(F)cc1Cl. The molecule has 0 unspecified atom stereocenters. The van der Waals surface area contributed by atoms with Gasteiger partial charge in [0.2, 0.25) is 5.82 Å². The van der Waals surface area contributed by atoms with Crippen LogP contribution in [-0.2, 0) is 0 Å². The van der Waals surface area contributed by atoms with Gasteiger partial charge in [-0.1, -0.05) is 17.5 Å². The lowest BCUT2D eigenvalue weighted by Gasteiger charge is -1.97. The van der Waals surface area contributed by atoms with Crippen LogP contribution in [0.2, 0.25) is 5.02 Å². The Labute approximate surface area is 78.3 Å². The summed E-state index contributed by atoms with van der Waals surface area (Å²) in [5.41, 5.74) is -0.563. The molecule has 0 aliphatic carbocycles. The van der Waals surface area contributed by atoms with Crippen molar-refractivity contribution in [3.8, 4) is 12.3 Å². The van der Waals surface area contributed by atoms with Crippen LogP contribution in [0.5, 0.6) is 0 Å². The first-order valence-corrected chi connectivity index (χ1v) is 3.54. The standard InChI is InChI=1S/C8H3ClFNO2/c1-2-5-3-8(11(12)13)7(10)4-6(5)9/h1,3-4H. The van der Waals surface area contributed by atoms with Crippen molar-refractivity contribution in [2.24, 2.45) is 0 Å². The van der Waals surface area contributed by atoms with Crippen LogP contribution >= 0.6 is 11.6 Å². The Balaban J connectivity index is 3.41. The number of terminal acetylenes is 1. The Bertz CT molecular complexity index is 411. The monoisotopic (exact) mass is 199 g/mol. The van der Waals surface area contributed by atoms with Gasteiger partial charge < -0.3 is 0 Å². The summed E-state index contributed by atoms with van der Waals surface area (Å²) in [6, 6.07) is 1.76. The second kappa shape index (κ2) is 3.42. The normalized spacial score (nSPS) is 9.31. The van der Waals surface area contributed by atoms with Crippen LogP contribution in [0.15, 0.2) is 12.1 Å². The predicted octanol–water partition coefficient (Wildman–Crippen LogP) is 2.37. The van der Waals surface area contributed by atoms with Crippen molar-refractivity contribution >= 4 is 17.3 Å². The second-order valence-electron chi connectivity index (χ2n) is 2.18. The highest BCUT2D eigenvalue weighted by Gasteiger charge is 2.16. The summed E-state index contributed by atoms with van der Waals surface area (Å²) in [4.78, 5) is 9.40. The second-order valence-corrected chi connectivity index (χ2v) is 2.59. The van der Waals surface area contributed by atoms with Crippen LogP contribution in [-0.4, -0.2) is 4.92 Å². The first kappa shape index (κ1) is 9.49. The molecule has 1 rings (SSSR count). The van der Waals surface area contributed by atoms with Gasteiger partial charge in [0.05, 0.1) is 9.95 Å². The van der Waals surface area contributed by atoms with Gasteiger partial charge in [0, 0.05) is 17.7 Å². The van der Waals surface area contributed by atoms with Gasteiger partial charge in [0.15, 0.2) is 0 Å². The average molecular weight is 200 g/mol. The summed E-state index contributed by atoms with van der Waals surface area (Å²) >= 11 is 5.50. The van der Waals surface area contributed by atoms with Gasteiger partial charge in [-0.15, -0.1) is 6.42 Å². The first-order valence-electron chi connectivity index (χ1n) is 3.16. The van der Waals surface area contributed by atoms with Crippen molar-refractivity contribution < 1.29 is 9.31 Å². The Morgan fingerprint density at radius 3 is 2.69 bits per heavy atom. The molecule has 0 aliphatic heterocycles. The number of benzene rings is 1. The maximum Gasteiger partial charge on any atom is 0.306 e. The molecule has 0 aliphatic rings. The highest BCUT2D eigenvalue weighted by Crippen LogP contribution is 2.24. The highest BCUT2D eigenvalue weighted by atomic mass is 35.5. The van der Waals surface area contributed by atoms with Crippen molar-refractivity contribution in [1.29, 1.82) is 0 Å². The lowest BCUT2D eigenvalue weighted by molar-refractivity contribution is -0.387. The summed E-state index contributed by atoms with van der Waals surface area (Å²) in [7, 11) is 0. The molecule has 3 nitrogen and oxygen atoms in total. The summed E-state index contributed by atoms with van der Waals surface area (Å²) < 4.78 is 12.8. The molecule has 0 atom stereocenters. The minimum absolute atomic E-state index is 0.00870. The number of nitro groups is 1. The molecule has 0 fully saturated rings. The largest absolute Gasteiger partial charge is 0.306 e. The van der Waals surface area contributed by atoms with E-state index in [0.29, 0.717) is 0 Å². The van der Waals surface area contributed by atoms with E-state index >= 15 is 0 Å². The van der Waals surface area contributed by atoms with Crippen molar-refractivity contribution in [2.75, 3.05) is 0 Å². The van der Waals surface area contributed by atoms with Gasteiger partial charge in [-0.25, -0.2) is 0 Å². The molecular weight excluding hydrogens is 197 g/mol. The van der Waals surface area contributed by atoms with Crippen molar-refractivity contribution in [3.05, 3.63) is 38.7 Å². The zero-order valence-corrected chi connectivity index (χ0v) is 7.01. The number of halogens is 2. The van der Waals surface area contributed by atoms with Gasteiger partial charge >= 0.3 is 5.69 Å². The summed E-state index contributed by atoms with van der Waals surface area (Å²) in [6.45, 7) is 0. The lowest BCUT2D eigenvalue weighted by Crippen LogP contribution is -1.93. The van der Waals surface area contributed by atoms with Crippen LogP contribution < -0.4 is 0 Å². The van der Waals surface area contributed by atoms with E-state index in [0.717, 1.165) is 12.1 Å². The molecule has 66 valence electrons. The van der Waals surface area contributed by atoms with Crippen molar-refractivity contribution in [2.45, 2.75) is 0 Å². The Morgan fingerprint density at radius 1 is 1.62 bits per heavy atom. The average Bonchev–Trinajstić information content (AvgIpc) is 2.03. The maximum absolute atomic E-state index is 12.8. The molecule has 1 aromatic carbocycles. The molecule has 0 N–H and O–H groups in total. The molecule has 0 amide bonds. The van der Waals surface area contributed by atoms with Crippen LogP contribution in [0.3, 0.4) is 0 Å². The van der Waals surface area contributed by atoms with Crippen molar-refractivity contribution in [1.82, 2.24) is 0 Å². The number of hydrogen-bond donors (Lipinski definition) is 0. The van der Waals surface area contributed by atoms with E-state index in [2.05, 4.69) is 5.92 Å². The number of rotatable bonds is 1. The molecule has 0 saturated carbocycles. The van der Waals surface area contributed by atoms with Crippen LogP contribution in [0.25, 0.3) is 0 Å². The summed E-state index contributed by atoms with van der Waals surface area (Å²) in [5, 5.41) is 10.2. The van der Waals surface area contributed by atoms with E-state index in [9.17, 15) is 14.5 Å². The molecular formula is C8H3ClFNO2. The molecule has 0 aromatic heterocycles. The maximum atomic E-state index is 12.8. The molecule has 0 spiro atoms. The number of nitro benzene ring substituents is 1. The fourth-order valence-corrected chi connectivity index (χ4v) is 0.993. The van der Waals surface area contributed by atoms with Crippen LogP contribution in [0, 0.1) is 28.3 Å². The minimum Gasteiger partial charge on any atom is -0.258 e. The fraction of sp³-hybridized carbons (Fsp3) is 0. The van der Waals surface area contributed by atoms with E-state index in [4.69, 9.17) is 18.0 Å². The molecule has 0 heterocycles. The summed E-state index contributed by atoms with van der Waals surface area (Å²) in [5.74, 6) is 1.12. The van der Waals surface area contributed by atoms with Crippen LogP contribution in [0.4, 0.5) is 10.1 Å². The molecule has 0 saturated heterocycles. The molecule has 5 heteroatoms. The number of hydrogen-bond acceptors (Lipinski definition) is 2. The zero-order valence-electron chi connectivity index (χ0n) is 6.25. The van der Waals surface area contributed by atoms with Gasteiger partial charge in [0.1, 0.15) is 0 Å². The van der Waals surface area contributed by atoms with Gasteiger partial charge in [-0.3, -0.25) is 10.1 Å². The quantitative estimate of drug-likeness (QED) is 0.396. The van der Waals surface area contributed by atoms with E-state index in [1.165, 1.54) is 0 Å². The Kier molecular flexibility index (Phi) is 2.49. The van der Waals surface area contributed by atoms with E-state index in [-0.39, 0.29) is 10.6 Å². The van der Waals surface area contributed by atoms with Crippen LogP contribution in [0.1, 0.15) is 5.56 Å². The third-order valence-corrected chi connectivity index (χ3v) is 1.70. The molecule has 0 bridgehead atoms. The molecule has 0 radical (unpaired) electrons. The Hall–Kier alpha value is -1.60. The van der Waals surface area contributed by atoms with E-state index in [1.807, 2.05) is 0 Å². The minimum atomic E-state index is -0.992. The topological polar surface area (TPSA) is 43.1 Å². The molecule has 1 aromatic rings. The van der Waals surface area contributed by atoms with Gasteiger partial charge in [-0.2, -0.15) is 4.39 Å². The third kappa shape index (κ3) is 1.76. The summed E-state index contributed by atoms with van der Waals surface area (Å²) in [6.07, 6.45) is 4.99. The zero-order chi connectivity index (χ0) is 10.0. The fourth-order valence-electron chi connectivity index (χ4n) is 0.788. The smallest absolute Gasteiger partial charge is 0.258 e. The van der Waals surface area contributed by atoms with Crippen molar-refractivity contribution in [3.63, 3.8) is 0 Å². The predicted molar refractivity (Wildman–Crippen MR) is 46.0 cm³/mol.